The monoisotopic (exact) mass is 193 g/mol. The lowest BCUT2D eigenvalue weighted by molar-refractivity contribution is 0.183. The highest BCUT2D eigenvalue weighted by Gasteiger charge is 2.25. The van der Waals surface area contributed by atoms with E-state index in [0.717, 1.165) is 18.9 Å². The molecule has 76 valence electrons. The molecule has 0 aliphatic carbocycles. The molecule has 1 unspecified atom stereocenters. The van der Waals surface area contributed by atoms with Gasteiger partial charge in [-0.2, -0.15) is 0 Å². The van der Waals surface area contributed by atoms with Gasteiger partial charge in [-0.05, 0) is 12.1 Å². The van der Waals surface area contributed by atoms with E-state index in [1.807, 2.05) is 12.1 Å². The minimum Gasteiger partial charge on any atom is -0.496 e. The highest BCUT2D eigenvalue weighted by atomic mass is 16.5. The van der Waals surface area contributed by atoms with E-state index in [-0.39, 0.29) is 0 Å². The lowest BCUT2D eigenvalue weighted by atomic mass is 10.0. The molecule has 1 atom stereocenters. The molecule has 0 saturated heterocycles. The van der Waals surface area contributed by atoms with Crippen LogP contribution in [0.15, 0.2) is 18.2 Å². The van der Waals surface area contributed by atoms with Crippen molar-refractivity contribution >= 4 is 5.69 Å². The first-order chi connectivity index (χ1) is 6.86. The van der Waals surface area contributed by atoms with E-state index in [9.17, 15) is 0 Å². The van der Waals surface area contributed by atoms with Crippen LogP contribution in [0, 0.1) is 0 Å². The number of methoxy groups -OCH3 is 2. The molecule has 0 radical (unpaired) electrons. The standard InChI is InChI=1S/C11H15NO2/c1-13-7-8-6-12-9-4-3-5-10(14-2)11(8)9/h3-5,8,12H,6-7H2,1-2H3. The van der Waals surface area contributed by atoms with Crippen LogP contribution < -0.4 is 10.1 Å². The predicted molar refractivity (Wildman–Crippen MR) is 56.1 cm³/mol. The Balaban J connectivity index is 2.35. The van der Waals surface area contributed by atoms with Crippen LogP contribution >= 0.6 is 0 Å². The van der Waals surface area contributed by atoms with Crippen molar-refractivity contribution in [2.24, 2.45) is 0 Å². The minimum atomic E-state index is 0.408. The second-order valence-electron chi connectivity index (χ2n) is 3.45. The van der Waals surface area contributed by atoms with Gasteiger partial charge in [0, 0.05) is 30.8 Å². The number of anilines is 1. The molecule has 0 bridgehead atoms. The molecule has 3 nitrogen and oxygen atoms in total. The Labute approximate surface area is 84.0 Å². The average Bonchev–Trinajstić information content (AvgIpc) is 2.62. The molecule has 2 rings (SSSR count). The SMILES string of the molecule is COCC1CNc2cccc(OC)c21. The van der Waals surface area contributed by atoms with Gasteiger partial charge in [-0.25, -0.2) is 0 Å². The first kappa shape index (κ1) is 9.34. The maximum Gasteiger partial charge on any atom is 0.124 e. The molecular formula is C11H15NO2. The summed E-state index contributed by atoms with van der Waals surface area (Å²) in [6, 6.07) is 6.07. The minimum absolute atomic E-state index is 0.408. The summed E-state index contributed by atoms with van der Waals surface area (Å²) in [6.45, 7) is 1.67. The summed E-state index contributed by atoms with van der Waals surface area (Å²) >= 11 is 0. The highest BCUT2D eigenvalue weighted by molar-refractivity contribution is 5.63. The summed E-state index contributed by atoms with van der Waals surface area (Å²) < 4.78 is 10.5. The van der Waals surface area contributed by atoms with E-state index in [1.54, 1.807) is 14.2 Å². The number of nitrogens with one attached hydrogen (secondary N) is 1. The van der Waals surface area contributed by atoms with E-state index in [4.69, 9.17) is 9.47 Å². The Bertz CT molecular complexity index is 323. The summed E-state index contributed by atoms with van der Waals surface area (Å²) in [5.41, 5.74) is 2.42. The van der Waals surface area contributed by atoms with Gasteiger partial charge in [-0.15, -0.1) is 0 Å². The number of fused-ring (bicyclic) bond motifs is 1. The van der Waals surface area contributed by atoms with Gasteiger partial charge < -0.3 is 14.8 Å². The van der Waals surface area contributed by atoms with E-state index in [1.165, 1.54) is 11.3 Å². The van der Waals surface area contributed by atoms with E-state index in [2.05, 4.69) is 11.4 Å². The molecule has 1 aromatic carbocycles. The highest BCUT2D eigenvalue weighted by Crippen LogP contribution is 2.38. The largest absolute Gasteiger partial charge is 0.496 e. The summed E-state index contributed by atoms with van der Waals surface area (Å²) in [4.78, 5) is 0. The number of rotatable bonds is 3. The molecule has 1 heterocycles. The van der Waals surface area contributed by atoms with Crippen LogP contribution in [-0.2, 0) is 4.74 Å². The van der Waals surface area contributed by atoms with Crippen LogP contribution in [0.5, 0.6) is 5.75 Å². The summed E-state index contributed by atoms with van der Waals surface area (Å²) in [5, 5.41) is 3.35. The molecule has 1 aliphatic heterocycles. The van der Waals surface area contributed by atoms with Crippen LogP contribution in [0.25, 0.3) is 0 Å². The van der Waals surface area contributed by atoms with Gasteiger partial charge in [-0.3, -0.25) is 0 Å². The van der Waals surface area contributed by atoms with Gasteiger partial charge in [0.2, 0.25) is 0 Å². The third-order valence-corrected chi connectivity index (χ3v) is 2.60. The molecule has 1 aliphatic rings. The fourth-order valence-corrected chi connectivity index (χ4v) is 1.98. The van der Waals surface area contributed by atoms with Gasteiger partial charge in [-0.1, -0.05) is 6.07 Å². The topological polar surface area (TPSA) is 30.5 Å². The van der Waals surface area contributed by atoms with Gasteiger partial charge in [0.25, 0.3) is 0 Å². The number of ether oxygens (including phenoxy) is 2. The van der Waals surface area contributed by atoms with Gasteiger partial charge in [0.05, 0.1) is 13.7 Å². The molecule has 0 aromatic heterocycles. The summed E-state index contributed by atoms with van der Waals surface area (Å²) in [7, 11) is 3.44. The molecule has 0 spiro atoms. The molecule has 3 heteroatoms. The third-order valence-electron chi connectivity index (χ3n) is 2.60. The molecular weight excluding hydrogens is 178 g/mol. The fraction of sp³-hybridized carbons (Fsp3) is 0.455. The Morgan fingerprint density at radius 3 is 3.00 bits per heavy atom. The Morgan fingerprint density at radius 2 is 2.29 bits per heavy atom. The maximum atomic E-state index is 5.34. The second-order valence-corrected chi connectivity index (χ2v) is 3.45. The van der Waals surface area contributed by atoms with Crippen molar-refractivity contribution in [2.75, 3.05) is 32.7 Å². The van der Waals surface area contributed by atoms with E-state index >= 15 is 0 Å². The third kappa shape index (κ3) is 1.44. The zero-order chi connectivity index (χ0) is 9.97. The van der Waals surface area contributed by atoms with Gasteiger partial charge in [0.15, 0.2) is 0 Å². The van der Waals surface area contributed by atoms with Crippen LogP contribution in [0.2, 0.25) is 0 Å². The van der Waals surface area contributed by atoms with Crippen LogP contribution in [-0.4, -0.2) is 27.4 Å². The van der Waals surface area contributed by atoms with Crippen molar-refractivity contribution in [3.63, 3.8) is 0 Å². The molecule has 0 amide bonds. The quantitative estimate of drug-likeness (QED) is 0.794. The lowest BCUT2D eigenvalue weighted by Crippen LogP contribution is -2.08. The molecule has 1 aromatic rings. The van der Waals surface area contributed by atoms with Crippen molar-refractivity contribution in [2.45, 2.75) is 5.92 Å². The Kier molecular flexibility index (Phi) is 2.59. The van der Waals surface area contributed by atoms with Crippen molar-refractivity contribution in [1.82, 2.24) is 0 Å². The van der Waals surface area contributed by atoms with Crippen molar-refractivity contribution < 1.29 is 9.47 Å². The van der Waals surface area contributed by atoms with Gasteiger partial charge >= 0.3 is 0 Å². The predicted octanol–water partition coefficient (Wildman–Crippen LogP) is 1.85. The number of benzene rings is 1. The Morgan fingerprint density at radius 1 is 1.43 bits per heavy atom. The normalized spacial score (nSPS) is 18.9. The summed E-state index contributed by atoms with van der Waals surface area (Å²) in [6.07, 6.45) is 0. The Hall–Kier alpha value is -1.22. The van der Waals surface area contributed by atoms with Crippen LogP contribution in [0.4, 0.5) is 5.69 Å². The molecule has 1 N–H and O–H groups in total. The second kappa shape index (κ2) is 3.88. The first-order valence-electron chi connectivity index (χ1n) is 4.76. The van der Waals surface area contributed by atoms with Crippen LogP contribution in [0.3, 0.4) is 0 Å². The van der Waals surface area contributed by atoms with E-state index in [0.29, 0.717) is 5.92 Å². The zero-order valence-electron chi connectivity index (χ0n) is 8.54. The maximum absolute atomic E-state index is 5.34. The van der Waals surface area contributed by atoms with Crippen molar-refractivity contribution in [3.8, 4) is 5.75 Å². The van der Waals surface area contributed by atoms with Crippen molar-refractivity contribution in [3.05, 3.63) is 23.8 Å². The van der Waals surface area contributed by atoms with E-state index < -0.39 is 0 Å². The fourth-order valence-electron chi connectivity index (χ4n) is 1.98. The smallest absolute Gasteiger partial charge is 0.124 e. The van der Waals surface area contributed by atoms with Crippen molar-refractivity contribution in [1.29, 1.82) is 0 Å². The molecule has 14 heavy (non-hydrogen) atoms. The number of hydrogen-bond donors (Lipinski definition) is 1. The van der Waals surface area contributed by atoms with Crippen LogP contribution in [0.1, 0.15) is 11.5 Å². The molecule has 0 fully saturated rings. The molecule has 0 saturated carbocycles. The van der Waals surface area contributed by atoms with Gasteiger partial charge in [0.1, 0.15) is 5.75 Å². The zero-order valence-corrected chi connectivity index (χ0v) is 8.54. The summed E-state index contributed by atoms with van der Waals surface area (Å²) in [5.74, 6) is 1.36. The average molecular weight is 193 g/mol. The number of hydrogen-bond acceptors (Lipinski definition) is 3. The first-order valence-corrected chi connectivity index (χ1v) is 4.76. The lowest BCUT2D eigenvalue weighted by Gasteiger charge is -2.12.